The molecule has 8 nitrogen and oxygen atoms in total. The van der Waals surface area contributed by atoms with Crippen molar-refractivity contribution in [2.24, 2.45) is 0 Å². The molecule has 29 heavy (non-hydrogen) atoms. The molecule has 9 heteroatoms. The summed E-state index contributed by atoms with van der Waals surface area (Å²) in [4.78, 5) is 18.5. The zero-order valence-electron chi connectivity index (χ0n) is 16.4. The minimum Gasteiger partial charge on any atom is -0.337 e. The van der Waals surface area contributed by atoms with Gasteiger partial charge in [0.15, 0.2) is 0 Å². The van der Waals surface area contributed by atoms with E-state index in [0.717, 1.165) is 11.8 Å². The average Bonchev–Trinajstić information content (AvgIpc) is 3.16. The van der Waals surface area contributed by atoms with Crippen LogP contribution in [0.4, 0.5) is 5.69 Å². The molecule has 0 aliphatic heterocycles. The van der Waals surface area contributed by atoms with Gasteiger partial charge in [0.1, 0.15) is 0 Å². The molecule has 3 rings (SSSR count). The van der Waals surface area contributed by atoms with Gasteiger partial charge in [-0.25, -0.2) is 8.42 Å². The van der Waals surface area contributed by atoms with Crippen molar-refractivity contribution in [3.63, 3.8) is 0 Å². The van der Waals surface area contributed by atoms with Crippen LogP contribution in [0.2, 0.25) is 0 Å². The van der Waals surface area contributed by atoms with Crippen LogP contribution in [-0.2, 0) is 16.6 Å². The van der Waals surface area contributed by atoms with Crippen LogP contribution < -0.4 is 4.31 Å². The van der Waals surface area contributed by atoms with Gasteiger partial charge in [-0.1, -0.05) is 35.5 Å². The molecule has 0 saturated heterocycles. The summed E-state index contributed by atoms with van der Waals surface area (Å²) in [6.45, 7) is 2.22. The van der Waals surface area contributed by atoms with Gasteiger partial charge < -0.3 is 9.42 Å². The van der Waals surface area contributed by atoms with Gasteiger partial charge in [0.25, 0.3) is 5.91 Å². The van der Waals surface area contributed by atoms with Crippen LogP contribution in [0.5, 0.6) is 0 Å². The molecule has 0 atom stereocenters. The molecule has 152 valence electrons. The SMILES string of the molecule is CCN(c1ccc(C(=O)N(C)Cc2nc(-c3ccccc3)no2)cc1)S(C)(=O)=O. The lowest BCUT2D eigenvalue weighted by Crippen LogP contribution is -2.29. The standard InChI is InChI=1S/C20H22N4O4S/c1-4-24(29(3,26)27)17-12-10-16(11-13-17)20(25)23(2)14-18-21-19(22-28-18)15-8-6-5-7-9-15/h5-13H,4,14H2,1-3H3. The first-order chi connectivity index (χ1) is 13.8. The Hall–Kier alpha value is -3.20. The third-order valence-electron chi connectivity index (χ3n) is 4.31. The van der Waals surface area contributed by atoms with E-state index in [1.807, 2.05) is 30.3 Å². The fraction of sp³-hybridized carbons (Fsp3) is 0.250. The molecular formula is C20H22N4O4S. The number of sulfonamides is 1. The smallest absolute Gasteiger partial charge is 0.254 e. The minimum absolute atomic E-state index is 0.158. The summed E-state index contributed by atoms with van der Waals surface area (Å²) in [5.74, 6) is 0.551. The zero-order chi connectivity index (χ0) is 21.0. The van der Waals surface area contributed by atoms with E-state index in [9.17, 15) is 13.2 Å². The van der Waals surface area contributed by atoms with Crippen molar-refractivity contribution in [3.05, 3.63) is 66.1 Å². The molecule has 3 aromatic rings. The maximum atomic E-state index is 12.7. The van der Waals surface area contributed by atoms with E-state index >= 15 is 0 Å². The molecule has 2 aromatic carbocycles. The fourth-order valence-electron chi connectivity index (χ4n) is 2.90. The zero-order valence-corrected chi connectivity index (χ0v) is 17.3. The minimum atomic E-state index is -3.37. The molecule has 0 N–H and O–H groups in total. The van der Waals surface area contributed by atoms with Crippen molar-refractivity contribution in [1.29, 1.82) is 0 Å². The van der Waals surface area contributed by atoms with E-state index in [1.165, 1.54) is 9.21 Å². The number of benzene rings is 2. The van der Waals surface area contributed by atoms with Gasteiger partial charge in [0.05, 0.1) is 18.5 Å². The third kappa shape index (κ3) is 4.80. The molecule has 1 amide bonds. The topological polar surface area (TPSA) is 96.6 Å². The number of hydrogen-bond acceptors (Lipinski definition) is 6. The van der Waals surface area contributed by atoms with Crippen molar-refractivity contribution < 1.29 is 17.7 Å². The molecule has 1 heterocycles. The summed E-state index contributed by atoms with van der Waals surface area (Å²) in [5, 5.41) is 3.95. The molecule has 0 fully saturated rings. The Bertz CT molecular complexity index is 1080. The molecular weight excluding hydrogens is 392 g/mol. The largest absolute Gasteiger partial charge is 0.337 e. The Morgan fingerprint density at radius 2 is 1.72 bits per heavy atom. The monoisotopic (exact) mass is 414 g/mol. The van der Waals surface area contributed by atoms with Gasteiger partial charge in [-0.2, -0.15) is 4.98 Å². The van der Waals surface area contributed by atoms with Crippen LogP contribution in [-0.4, -0.2) is 49.2 Å². The van der Waals surface area contributed by atoms with Crippen LogP contribution in [0.1, 0.15) is 23.2 Å². The highest BCUT2D eigenvalue weighted by atomic mass is 32.2. The second kappa shape index (κ2) is 8.44. The first-order valence-electron chi connectivity index (χ1n) is 9.01. The number of aromatic nitrogens is 2. The van der Waals surface area contributed by atoms with E-state index in [-0.39, 0.29) is 12.5 Å². The summed E-state index contributed by atoms with van der Waals surface area (Å²) in [5.41, 5.74) is 1.78. The van der Waals surface area contributed by atoms with Crippen LogP contribution in [0.25, 0.3) is 11.4 Å². The van der Waals surface area contributed by atoms with Crippen molar-refractivity contribution in [2.45, 2.75) is 13.5 Å². The van der Waals surface area contributed by atoms with Gasteiger partial charge in [0, 0.05) is 24.7 Å². The maximum Gasteiger partial charge on any atom is 0.254 e. The second-order valence-electron chi connectivity index (χ2n) is 6.51. The quantitative estimate of drug-likeness (QED) is 0.590. The highest BCUT2D eigenvalue weighted by molar-refractivity contribution is 7.92. The number of carbonyl (C=O) groups is 1. The highest BCUT2D eigenvalue weighted by Crippen LogP contribution is 2.19. The predicted octanol–water partition coefficient (Wildman–Crippen LogP) is 2.79. The Kier molecular flexibility index (Phi) is 5.97. The van der Waals surface area contributed by atoms with E-state index in [4.69, 9.17) is 4.52 Å². The van der Waals surface area contributed by atoms with Crippen molar-refractivity contribution in [1.82, 2.24) is 15.0 Å². The Morgan fingerprint density at radius 1 is 1.07 bits per heavy atom. The van der Waals surface area contributed by atoms with Crippen LogP contribution >= 0.6 is 0 Å². The first kappa shape index (κ1) is 20.5. The van der Waals surface area contributed by atoms with Crippen LogP contribution in [0, 0.1) is 0 Å². The number of carbonyl (C=O) groups excluding carboxylic acids is 1. The molecule has 0 unspecified atom stereocenters. The van der Waals surface area contributed by atoms with E-state index in [2.05, 4.69) is 10.1 Å². The number of rotatable bonds is 7. The van der Waals surface area contributed by atoms with E-state index in [1.54, 1.807) is 38.2 Å². The van der Waals surface area contributed by atoms with Crippen molar-refractivity contribution in [2.75, 3.05) is 24.2 Å². The maximum absolute atomic E-state index is 12.7. The van der Waals surface area contributed by atoms with Gasteiger partial charge in [-0.15, -0.1) is 0 Å². The molecule has 0 aliphatic rings. The number of anilines is 1. The normalized spacial score (nSPS) is 11.3. The summed E-state index contributed by atoms with van der Waals surface area (Å²) in [7, 11) is -1.73. The van der Waals surface area contributed by atoms with Gasteiger partial charge >= 0.3 is 0 Å². The average molecular weight is 414 g/mol. The Morgan fingerprint density at radius 3 is 2.31 bits per heavy atom. The van der Waals surface area contributed by atoms with Gasteiger partial charge in [0.2, 0.25) is 21.7 Å². The van der Waals surface area contributed by atoms with E-state index in [0.29, 0.717) is 29.5 Å². The number of amides is 1. The molecule has 0 aliphatic carbocycles. The van der Waals surface area contributed by atoms with Crippen molar-refractivity contribution >= 4 is 21.6 Å². The number of nitrogens with zero attached hydrogens (tertiary/aromatic N) is 4. The molecule has 0 bridgehead atoms. The molecule has 0 saturated carbocycles. The lowest BCUT2D eigenvalue weighted by Gasteiger charge is -2.21. The first-order valence-corrected chi connectivity index (χ1v) is 10.9. The van der Waals surface area contributed by atoms with Crippen LogP contribution in [0.15, 0.2) is 59.1 Å². The summed E-state index contributed by atoms with van der Waals surface area (Å²) < 4.78 is 30.2. The summed E-state index contributed by atoms with van der Waals surface area (Å²) in [6, 6.07) is 15.9. The van der Waals surface area contributed by atoms with Gasteiger partial charge in [-0.05, 0) is 31.2 Å². The lowest BCUT2D eigenvalue weighted by atomic mass is 10.2. The fourth-order valence-corrected chi connectivity index (χ4v) is 3.87. The molecule has 0 radical (unpaired) electrons. The number of hydrogen-bond donors (Lipinski definition) is 0. The third-order valence-corrected chi connectivity index (χ3v) is 5.58. The Balaban J connectivity index is 1.70. The predicted molar refractivity (Wildman–Crippen MR) is 110 cm³/mol. The highest BCUT2D eigenvalue weighted by Gasteiger charge is 2.18. The lowest BCUT2D eigenvalue weighted by molar-refractivity contribution is 0.0769. The van der Waals surface area contributed by atoms with E-state index < -0.39 is 10.0 Å². The second-order valence-corrected chi connectivity index (χ2v) is 8.42. The summed E-state index contributed by atoms with van der Waals surface area (Å²) in [6.07, 6.45) is 1.15. The summed E-state index contributed by atoms with van der Waals surface area (Å²) >= 11 is 0. The van der Waals surface area contributed by atoms with Gasteiger partial charge in [-0.3, -0.25) is 9.10 Å². The molecule has 0 spiro atoms. The van der Waals surface area contributed by atoms with Crippen molar-refractivity contribution in [3.8, 4) is 11.4 Å². The Labute approximate surface area is 169 Å². The molecule has 1 aromatic heterocycles. The van der Waals surface area contributed by atoms with Crippen LogP contribution in [0.3, 0.4) is 0 Å².